The van der Waals surface area contributed by atoms with Crippen molar-refractivity contribution in [3.05, 3.63) is 53.2 Å². The summed E-state index contributed by atoms with van der Waals surface area (Å²) in [7, 11) is 1.60. The van der Waals surface area contributed by atoms with E-state index < -0.39 is 11.9 Å². The van der Waals surface area contributed by atoms with Gasteiger partial charge in [-0.25, -0.2) is 4.98 Å². The number of hydrogen-bond acceptors (Lipinski definition) is 4. The largest absolute Gasteiger partial charge is 0.491 e. The molecule has 1 aromatic carbocycles. The van der Waals surface area contributed by atoms with E-state index in [4.69, 9.17) is 10.00 Å². The minimum atomic E-state index is -4.56. The molecule has 1 heterocycles. The maximum atomic E-state index is 12.9. The second-order valence-corrected chi connectivity index (χ2v) is 5.85. The van der Waals surface area contributed by atoms with Crippen molar-refractivity contribution in [2.45, 2.75) is 32.7 Å². The van der Waals surface area contributed by atoms with Gasteiger partial charge in [0, 0.05) is 13.6 Å². The second kappa shape index (κ2) is 7.43. The minimum Gasteiger partial charge on any atom is -0.491 e. The number of anilines is 1. The van der Waals surface area contributed by atoms with Gasteiger partial charge in [-0.15, -0.1) is 0 Å². The number of halogens is 3. The molecule has 0 bridgehead atoms. The average Bonchev–Trinajstić information content (AvgIpc) is 2.53. The van der Waals surface area contributed by atoms with Gasteiger partial charge in [-0.1, -0.05) is 12.1 Å². The van der Waals surface area contributed by atoms with Gasteiger partial charge in [-0.2, -0.15) is 18.4 Å². The van der Waals surface area contributed by atoms with Gasteiger partial charge in [0.2, 0.25) is 0 Å². The van der Waals surface area contributed by atoms with Crippen LogP contribution in [0.4, 0.5) is 19.0 Å². The molecule has 0 fully saturated rings. The highest BCUT2D eigenvalue weighted by atomic mass is 19.4. The zero-order valence-electron chi connectivity index (χ0n) is 14.1. The molecule has 0 saturated carbocycles. The lowest BCUT2D eigenvalue weighted by atomic mass is 10.2. The van der Waals surface area contributed by atoms with E-state index >= 15 is 0 Å². The van der Waals surface area contributed by atoms with Crippen molar-refractivity contribution in [3.63, 3.8) is 0 Å². The molecule has 2 rings (SSSR count). The first-order valence-electron chi connectivity index (χ1n) is 7.65. The number of ether oxygens (including phenoxy) is 1. The molecule has 1 aromatic heterocycles. The first kappa shape index (κ1) is 18.6. The normalized spacial score (nSPS) is 11.3. The highest BCUT2D eigenvalue weighted by Crippen LogP contribution is 2.30. The van der Waals surface area contributed by atoms with Crippen LogP contribution in [0.2, 0.25) is 0 Å². The van der Waals surface area contributed by atoms with E-state index in [2.05, 4.69) is 4.98 Å². The van der Waals surface area contributed by atoms with Gasteiger partial charge in [0.05, 0.1) is 11.7 Å². The lowest BCUT2D eigenvalue weighted by Gasteiger charge is -2.21. The molecule has 132 valence electrons. The number of alkyl halides is 3. The summed E-state index contributed by atoms with van der Waals surface area (Å²) >= 11 is 0. The quantitative estimate of drug-likeness (QED) is 0.803. The summed E-state index contributed by atoms with van der Waals surface area (Å²) in [5.74, 6) is 0.672. The van der Waals surface area contributed by atoms with Gasteiger partial charge < -0.3 is 9.64 Å². The van der Waals surface area contributed by atoms with E-state index in [0.29, 0.717) is 5.75 Å². The Morgan fingerprint density at radius 2 is 1.96 bits per heavy atom. The average molecular weight is 349 g/mol. The predicted molar refractivity (Wildman–Crippen MR) is 88.3 cm³/mol. The minimum absolute atomic E-state index is 0.00694. The molecular formula is C18H18F3N3O. The van der Waals surface area contributed by atoms with Crippen LogP contribution in [0, 0.1) is 11.3 Å². The Balaban J connectivity index is 2.29. The molecule has 0 saturated heterocycles. The monoisotopic (exact) mass is 349 g/mol. The third-order valence-corrected chi connectivity index (χ3v) is 3.34. The topological polar surface area (TPSA) is 49.1 Å². The number of nitrogens with zero attached hydrogens (tertiary/aromatic N) is 3. The molecule has 0 aliphatic rings. The number of rotatable bonds is 5. The van der Waals surface area contributed by atoms with Gasteiger partial charge in [0.1, 0.15) is 23.3 Å². The van der Waals surface area contributed by atoms with Crippen LogP contribution < -0.4 is 9.64 Å². The maximum absolute atomic E-state index is 12.9. The molecule has 7 heteroatoms. The Morgan fingerprint density at radius 3 is 2.56 bits per heavy atom. The number of benzene rings is 1. The molecule has 0 spiro atoms. The first-order chi connectivity index (χ1) is 11.7. The van der Waals surface area contributed by atoms with Crippen LogP contribution in [-0.2, 0) is 12.7 Å². The third kappa shape index (κ3) is 4.86. The van der Waals surface area contributed by atoms with Crippen molar-refractivity contribution in [2.24, 2.45) is 0 Å². The van der Waals surface area contributed by atoms with Crippen molar-refractivity contribution in [3.8, 4) is 11.8 Å². The van der Waals surface area contributed by atoms with Crippen molar-refractivity contribution >= 4 is 5.82 Å². The molecule has 0 aliphatic carbocycles. The zero-order valence-corrected chi connectivity index (χ0v) is 14.1. The fraction of sp³-hybridized carbons (Fsp3) is 0.333. The fourth-order valence-electron chi connectivity index (χ4n) is 2.32. The Bertz CT molecular complexity index is 782. The van der Waals surface area contributed by atoms with Gasteiger partial charge in [0.25, 0.3) is 0 Å². The smallest absolute Gasteiger partial charge is 0.433 e. The van der Waals surface area contributed by atoms with Crippen molar-refractivity contribution in [1.29, 1.82) is 5.26 Å². The van der Waals surface area contributed by atoms with Crippen LogP contribution >= 0.6 is 0 Å². The van der Waals surface area contributed by atoms with Crippen LogP contribution in [-0.4, -0.2) is 18.1 Å². The van der Waals surface area contributed by atoms with Crippen molar-refractivity contribution < 1.29 is 17.9 Å². The molecule has 25 heavy (non-hydrogen) atoms. The van der Waals surface area contributed by atoms with Crippen LogP contribution in [0.15, 0.2) is 36.4 Å². The van der Waals surface area contributed by atoms with E-state index in [1.165, 1.54) is 4.90 Å². The summed E-state index contributed by atoms with van der Waals surface area (Å²) in [6.45, 7) is 4.10. The van der Waals surface area contributed by atoms with E-state index in [9.17, 15) is 13.2 Å². The maximum Gasteiger partial charge on any atom is 0.433 e. The van der Waals surface area contributed by atoms with Gasteiger partial charge in [0.15, 0.2) is 0 Å². The molecule has 2 aromatic rings. The van der Waals surface area contributed by atoms with Gasteiger partial charge in [-0.3, -0.25) is 0 Å². The predicted octanol–water partition coefficient (Wildman–Crippen LogP) is 4.40. The van der Waals surface area contributed by atoms with E-state index in [0.717, 1.165) is 17.7 Å². The summed E-state index contributed by atoms with van der Waals surface area (Å²) in [6, 6.07) is 11.1. The fourth-order valence-corrected chi connectivity index (χ4v) is 2.32. The van der Waals surface area contributed by atoms with Gasteiger partial charge in [-0.05, 0) is 43.7 Å². The van der Waals surface area contributed by atoms with Gasteiger partial charge >= 0.3 is 6.18 Å². The van der Waals surface area contributed by atoms with E-state index in [1.807, 2.05) is 44.2 Å². The van der Waals surface area contributed by atoms with E-state index in [1.54, 1.807) is 7.05 Å². The summed E-state index contributed by atoms with van der Waals surface area (Å²) < 4.78 is 44.3. The number of nitriles is 1. The molecule has 0 amide bonds. The summed E-state index contributed by atoms with van der Waals surface area (Å²) in [5.41, 5.74) is -0.0981. The lowest BCUT2D eigenvalue weighted by Crippen LogP contribution is -2.21. The highest BCUT2D eigenvalue weighted by Gasteiger charge is 2.33. The first-order valence-corrected chi connectivity index (χ1v) is 7.65. The Kier molecular flexibility index (Phi) is 5.52. The molecule has 0 N–H and O–H groups in total. The molecule has 0 radical (unpaired) electrons. The molecule has 0 atom stereocenters. The molecule has 0 aliphatic heterocycles. The number of pyridine rings is 1. The molecular weight excluding hydrogens is 331 g/mol. The third-order valence-electron chi connectivity index (χ3n) is 3.34. The second-order valence-electron chi connectivity index (χ2n) is 5.85. The number of aromatic nitrogens is 1. The lowest BCUT2D eigenvalue weighted by molar-refractivity contribution is -0.141. The number of hydrogen-bond donors (Lipinski definition) is 0. The van der Waals surface area contributed by atoms with Crippen LogP contribution in [0.5, 0.6) is 5.75 Å². The van der Waals surface area contributed by atoms with Crippen molar-refractivity contribution in [1.82, 2.24) is 4.98 Å². The van der Waals surface area contributed by atoms with Crippen molar-refractivity contribution in [2.75, 3.05) is 11.9 Å². The summed E-state index contributed by atoms with van der Waals surface area (Å²) in [4.78, 5) is 5.15. The van der Waals surface area contributed by atoms with Crippen LogP contribution in [0.25, 0.3) is 0 Å². The SMILES string of the molecule is CC(C)Oc1cccc(CN(C)c2nc(C(F)(F)F)ccc2C#N)c1. The van der Waals surface area contributed by atoms with Crippen LogP contribution in [0.3, 0.4) is 0 Å². The Morgan fingerprint density at radius 1 is 1.24 bits per heavy atom. The summed E-state index contributed by atoms with van der Waals surface area (Å²) in [5, 5.41) is 9.15. The Hall–Kier alpha value is -2.75. The van der Waals surface area contributed by atoms with E-state index in [-0.39, 0.29) is 24.0 Å². The van der Waals surface area contributed by atoms with Crippen LogP contribution in [0.1, 0.15) is 30.7 Å². The highest BCUT2D eigenvalue weighted by molar-refractivity contribution is 5.54. The molecule has 0 unspecified atom stereocenters. The zero-order chi connectivity index (χ0) is 18.6. The Labute approximate surface area is 144 Å². The molecule has 4 nitrogen and oxygen atoms in total. The summed E-state index contributed by atoms with van der Waals surface area (Å²) in [6.07, 6.45) is -4.54. The standard InChI is InChI=1S/C18H18F3N3O/c1-12(2)25-15-6-4-5-13(9-15)11-24(3)17-14(10-22)7-8-16(23-17)18(19,20)21/h4-9,12H,11H2,1-3H3.